The fourth-order valence-corrected chi connectivity index (χ4v) is 0.439. The topological polar surface area (TPSA) is 35.5 Å². The predicted molar refractivity (Wildman–Crippen MR) is 21.5 cm³/mol. The molecule has 0 saturated carbocycles. The highest BCUT2D eigenvalue weighted by molar-refractivity contribution is 5.55. The van der Waals surface area contributed by atoms with Gasteiger partial charge in [0, 0.05) is 6.42 Å². The predicted octanol–water partition coefficient (Wildman–Crippen LogP) is -0.0942. The second-order valence-electron chi connectivity index (χ2n) is 1.38. The molecule has 0 aromatic carbocycles. The Morgan fingerprint density at radius 2 is 2.57 bits per heavy atom. The van der Waals surface area contributed by atoms with E-state index in [-0.39, 0.29) is 6.10 Å². The number of hydrogen-bond donors (Lipinski definition) is 0. The van der Waals surface area contributed by atoms with E-state index in [0.29, 0.717) is 13.0 Å². The van der Waals surface area contributed by atoms with Gasteiger partial charge in [0.15, 0.2) is 12.4 Å². The smallest absolute Gasteiger partial charge is 0.152 e. The molecule has 0 radical (unpaired) electrons. The third-order valence-electron chi connectivity index (χ3n) is 0.829. The monoisotopic (exact) mass is 102 g/mol. The van der Waals surface area contributed by atoms with Crippen molar-refractivity contribution < 1.29 is 14.6 Å². The molecule has 0 amide bonds. The van der Waals surface area contributed by atoms with E-state index >= 15 is 0 Å². The second-order valence-corrected chi connectivity index (χ2v) is 1.38. The highest BCUT2D eigenvalue weighted by Gasteiger charge is 2.14. The fourth-order valence-electron chi connectivity index (χ4n) is 0.439. The summed E-state index contributed by atoms with van der Waals surface area (Å²) in [5.74, 6) is 0. The molecule has 7 heavy (non-hydrogen) atoms. The molecule has 0 aromatic rings. The standard InChI is InChI=1S/C4H6O3/c5-3-4-1-2-6-7-4/h3-4H,1-2H2. The maximum Gasteiger partial charge on any atom is 0.152 e. The summed E-state index contributed by atoms with van der Waals surface area (Å²) in [4.78, 5) is 18.7. The SMILES string of the molecule is O=CC1CCOO1. The average molecular weight is 102 g/mol. The Hall–Kier alpha value is -0.410. The van der Waals surface area contributed by atoms with Crippen LogP contribution in [0.5, 0.6) is 0 Å². The zero-order valence-electron chi connectivity index (χ0n) is 3.79. The highest BCUT2D eigenvalue weighted by atomic mass is 17.2. The highest BCUT2D eigenvalue weighted by Crippen LogP contribution is 2.04. The van der Waals surface area contributed by atoms with Crippen LogP contribution in [0.3, 0.4) is 0 Å². The number of rotatable bonds is 1. The molecule has 3 heteroatoms. The van der Waals surface area contributed by atoms with E-state index in [1.807, 2.05) is 0 Å². The molecule has 1 aliphatic heterocycles. The summed E-state index contributed by atoms with van der Waals surface area (Å²) < 4.78 is 0. The minimum Gasteiger partial charge on any atom is -0.300 e. The Morgan fingerprint density at radius 1 is 1.71 bits per heavy atom. The van der Waals surface area contributed by atoms with Gasteiger partial charge < -0.3 is 4.79 Å². The summed E-state index contributed by atoms with van der Waals surface area (Å²) in [5, 5.41) is 0. The molecule has 0 aromatic heterocycles. The Balaban J connectivity index is 2.26. The molecule has 0 aliphatic carbocycles. The van der Waals surface area contributed by atoms with Crippen LogP contribution in [0, 0.1) is 0 Å². The van der Waals surface area contributed by atoms with Crippen LogP contribution in [0.2, 0.25) is 0 Å². The number of carbonyl (C=O) groups excluding carboxylic acids is 1. The quantitative estimate of drug-likeness (QED) is 0.342. The summed E-state index contributed by atoms with van der Waals surface area (Å²) in [6, 6.07) is 0. The zero-order valence-corrected chi connectivity index (χ0v) is 3.79. The van der Waals surface area contributed by atoms with E-state index in [0.717, 1.165) is 6.29 Å². The van der Waals surface area contributed by atoms with Crippen molar-refractivity contribution in [2.24, 2.45) is 0 Å². The van der Waals surface area contributed by atoms with Gasteiger partial charge in [-0.15, -0.1) is 0 Å². The van der Waals surface area contributed by atoms with Gasteiger partial charge in [-0.05, 0) is 0 Å². The summed E-state index contributed by atoms with van der Waals surface area (Å²) in [6.45, 7) is 0.545. The van der Waals surface area contributed by atoms with Crippen molar-refractivity contribution in [3.63, 3.8) is 0 Å². The average Bonchev–Trinajstić information content (AvgIpc) is 2.14. The lowest BCUT2D eigenvalue weighted by molar-refractivity contribution is -0.266. The van der Waals surface area contributed by atoms with E-state index < -0.39 is 0 Å². The molecule has 3 nitrogen and oxygen atoms in total. The van der Waals surface area contributed by atoms with Crippen LogP contribution in [0.25, 0.3) is 0 Å². The van der Waals surface area contributed by atoms with Crippen molar-refractivity contribution in [2.45, 2.75) is 12.5 Å². The fraction of sp³-hybridized carbons (Fsp3) is 0.750. The molecule has 1 rings (SSSR count). The lowest BCUT2D eigenvalue weighted by Gasteiger charge is -1.89. The normalized spacial score (nSPS) is 30.6. The number of carbonyl (C=O) groups is 1. The molecule has 1 heterocycles. The van der Waals surface area contributed by atoms with Crippen molar-refractivity contribution in [1.29, 1.82) is 0 Å². The van der Waals surface area contributed by atoms with Gasteiger partial charge >= 0.3 is 0 Å². The van der Waals surface area contributed by atoms with Gasteiger partial charge in [0.2, 0.25) is 0 Å². The second kappa shape index (κ2) is 2.04. The van der Waals surface area contributed by atoms with Crippen LogP contribution in [0.15, 0.2) is 0 Å². The van der Waals surface area contributed by atoms with Crippen LogP contribution in [-0.2, 0) is 14.6 Å². The molecular weight excluding hydrogens is 96.0 g/mol. The van der Waals surface area contributed by atoms with Crippen LogP contribution in [0.1, 0.15) is 6.42 Å². The maximum absolute atomic E-state index is 9.80. The first-order valence-electron chi connectivity index (χ1n) is 2.17. The first kappa shape index (κ1) is 4.74. The Labute approximate surface area is 41.1 Å². The van der Waals surface area contributed by atoms with E-state index in [1.54, 1.807) is 0 Å². The molecule has 0 N–H and O–H groups in total. The van der Waals surface area contributed by atoms with Crippen LogP contribution in [-0.4, -0.2) is 19.0 Å². The summed E-state index contributed by atoms with van der Waals surface area (Å²) in [7, 11) is 0. The van der Waals surface area contributed by atoms with Gasteiger partial charge in [-0.25, -0.2) is 9.78 Å². The summed E-state index contributed by atoms with van der Waals surface area (Å²) in [6.07, 6.45) is 1.14. The Morgan fingerprint density at radius 3 is 2.86 bits per heavy atom. The molecule has 1 atom stereocenters. The van der Waals surface area contributed by atoms with Crippen LogP contribution < -0.4 is 0 Å². The Kier molecular flexibility index (Phi) is 1.38. The summed E-state index contributed by atoms with van der Waals surface area (Å²) >= 11 is 0. The third kappa shape index (κ3) is 0.976. The zero-order chi connectivity index (χ0) is 5.11. The Bertz CT molecular complexity index is 65.3. The number of aldehydes is 1. The van der Waals surface area contributed by atoms with E-state index in [4.69, 9.17) is 0 Å². The lowest BCUT2D eigenvalue weighted by Crippen LogP contribution is -2.04. The van der Waals surface area contributed by atoms with Crippen molar-refractivity contribution >= 4 is 6.29 Å². The van der Waals surface area contributed by atoms with Crippen molar-refractivity contribution in [3.8, 4) is 0 Å². The molecule has 1 fully saturated rings. The molecular formula is C4H6O3. The first-order chi connectivity index (χ1) is 3.43. The molecule has 0 spiro atoms. The van der Waals surface area contributed by atoms with Gasteiger partial charge in [-0.2, -0.15) is 0 Å². The van der Waals surface area contributed by atoms with Gasteiger partial charge in [-0.3, -0.25) is 0 Å². The first-order valence-corrected chi connectivity index (χ1v) is 2.17. The minimum atomic E-state index is -0.306. The lowest BCUT2D eigenvalue weighted by atomic mass is 10.3. The maximum atomic E-state index is 9.80. The summed E-state index contributed by atoms with van der Waals surface area (Å²) in [5.41, 5.74) is 0. The van der Waals surface area contributed by atoms with E-state index in [9.17, 15) is 4.79 Å². The van der Waals surface area contributed by atoms with Crippen molar-refractivity contribution in [2.75, 3.05) is 6.61 Å². The van der Waals surface area contributed by atoms with E-state index in [1.165, 1.54) is 0 Å². The molecule has 0 bridgehead atoms. The number of hydrogen-bond acceptors (Lipinski definition) is 3. The molecule has 1 aliphatic rings. The molecule has 1 saturated heterocycles. The molecule has 1 unspecified atom stereocenters. The largest absolute Gasteiger partial charge is 0.300 e. The van der Waals surface area contributed by atoms with Crippen LogP contribution in [0.4, 0.5) is 0 Å². The van der Waals surface area contributed by atoms with Gasteiger partial charge in [0.1, 0.15) is 0 Å². The van der Waals surface area contributed by atoms with Gasteiger partial charge in [-0.1, -0.05) is 0 Å². The van der Waals surface area contributed by atoms with Gasteiger partial charge in [0.25, 0.3) is 0 Å². The van der Waals surface area contributed by atoms with E-state index in [2.05, 4.69) is 9.78 Å². The van der Waals surface area contributed by atoms with Gasteiger partial charge in [0.05, 0.1) is 6.61 Å². The third-order valence-corrected chi connectivity index (χ3v) is 0.829. The van der Waals surface area contributed by atoms with Crippen molar-refractivity contribution in [3.05, 3.63) is 0 Å². The van der Waals surface area contributed by atoms with Crippen molar-refractivity contribution in [1.82, 2.24) is 0 Å². The van der Waals surface area contributed by atoms with Crippen LogP contribution >= 0.6 is 0 Å². The minimum absolute atomic E-state index is 0.306. The molecule has 40 valence electrons.